The van der Waals surface area contributed by atoms with E-state index in [1.54, 1.807) is 11.3 Å². The fourth-order valence-corrected chi connectivity index (χ4v) is 1.82. The normalized spacial score (nSPS) is 9.46. The van der Waals surface area contributed by atoms with Gasteiger partial charge in [0.2, 0.25) is 0 Å². The van der Waals surface area contributed by atoms with Crippen LogP contribution in [-0.2, 0) is 0 Å². The van der Waals surface area contributed by atoms with E-state index in [1.807, 2.05) is 35.7 Å². The molecule has 0 N–H and O–H groups in total. The molecule has 0 bridgehead atoms. The van der Waals surface area contributed by atoms with E-state index in [0.29, 0.717) is 5.69 Å². The molecule has 1 heterocycles. The Kier molecular flexibility index (Phi) is 2.11. The largest absolute Gasteiger partial charge is 0.228 e. The van der Waals surface area contributed by atoms with Gasteiger partial charge in [-0.2, -0.15) is 0 Å². The molecule has 0 saturated heterocycles. The average Bonchev–Trinajstić information content (AvgIpc) is 2.67. The van der Waals surface area contributed by atoms with Crippen molar-refractivity contribution in [2.45, 2.75) is 0 Å². The number of benzene rings is 1. The first-order valence-electron chi connectivity index (χ1n) is 3.88. The van der Waals surface area contributed by atoms with Gasteiger partial charge in [0, 0.05) is 10.9 Å². The van der Waals surface area contributed by atoms with Gasteiger partial charge in [-0.15, -0.1) is 17.8 Å². The second kappa shape index (κ2) is 3.42. The first-order chi connectivity index (χ1) is 6.40. The molecule has 0 unspecified atom stereocenters. The van der Waals surface area contributed by atoms with E-state index in [2.05, 4.69) is 10.9 Å². The van der Waals surface area contributed by atoms with Gasteiger partial charge in [-0.25, -0.2) is 4.98 Å². The van der Waals surface area contributed by atoms with E-state index in [4.69, 9.17) is 6.42 Å². The lowest BCUT2D eigenvalue weighted by Crippen LogP contribution is -1.75. The summed E-state index contributed by atoms with van der Waals surface area (Å²) in [4.78, 5) is 4.28. The number of rotatable bonds is 1. The predicted octanol–water partition coefficient (Wildman–Crippen LogP) is 2.79. The summed E-state index contributed by atoms with van der Waals surface area (Å²) in [6.45, 7) is 0. The van der Waals surface area contributed by atoms with Gasteiger partial charge >= 0.3 is 0 Å². The summed E-state index contributed by atoms with van der Waals surface area (Å²) in [6, 6.07) is 10.0. The molecule has 0 amide bonds. The maximum absolute atomic E-state index is 5.24. The Hall–Kier alpha value is -1.59. The highest BCUT2D eigenvalue weighted by molar-refractivity contribution is 7.13. The van der Waals surface area contributed by atoms with Gasteiger partial charge in [0.1, 0.15) is 10.7 Å². The monoisotopic (exact) mass is 185 g/mol. The molecular formula is C11H7NS. The third-order valence-corrected chi connectivity index (χ3v) is 2.56. The fraction of sp³-hybridized carbons (Fsp3) is 0. The molecule has 62 valence electrons. The highest BCUT2D eigenvalue weighted by atomic mass is 32.1. The van der Waals surface area contributed by atoms with Gasteiger partial charge in [-0.05, 0) is 5.92 Å². The lowest BCUT2D eigenvalue weighted by molar-refractivity contribution is 1.37. The van der Waals surface area contributed by atoms with E-state index < -0.39 is 0 Å². The molecule has 0 atom stereocenters. The van der Waals surface area contributed by atoms with Gasteiger partial charge in [-0.3, -0.25) is 0 Å². The van der Waals surface area contributed by atoms with Crippen molar-refractivity contribution < 1.29 is 0 Å². The molecular weight excluding hydrogens is 178 g/mol. The van der Waals surface area contributed by atoms with Crippen molar-refractivity contribution in [2.75, 3.05) is 0 Å². The van der Waals surface area contributed by atoms with Crippen LogP contribution in [0.2, 0.25) is 0 Å². The van der Waals surface area contributed by atoms with Crippen molar-refractivity contribution in [1.29, 1.82) is 0 Å². The molecule has 2 heteroatoms. The quantitative estimate of drug-likeness (QED) is 0.622. The topological polar surface area (TPSA) is 12.9 Å². The number of thiazole rings is 1. The van der Waals surface area contributed by atoms with E-state index in [-0.39, 0.29) is 0 Å². The van der Waals surface area contributed by atoms with Gasteiger partial charge in [0.05, 0.1) is 0 Å². The van der Waals surface area contributed by atoms with Crippen molar-refractivity contribution in [3.8, 4) is 22.9 Å². The number of nitrogens with zero attached hydrogens (tertiary/aromatic N) is 1. The van der Waals surface area contributed by atoms with Gasteiger partial charge < -0.3 is 0 Å². The third-order valence-electron chi connectivity index (χ3n) is 1.67. The van der Waals surface area contributed by atoms with Crippen LogP contribution < -0.4 is 0 Å². The molecule has 1 aromatic carbocycles. The van der Waals surface area contributed by atoms with E-state index in [9.17, 15) is 0 Å². The summed E-state index contributed by atoms with van der Waals surface area (Å²) in [6.07, 6.45) is 5.24. The Bertz CT molecular complexity index is 437. The zero-order valence-electron chi connectivity index (χ0n) is 6.90. The first-order valence-corrected chi connectivity index (χ1v) is 4.75. The Balaban J connectivity index is 2.43. The highest BCUT2D eigenvalue weighted by Gasteiger charge is 2.00. The van der Waals surface area contributed by atoms with Crippen molar-refractivity contribution in [1.82, 2.24) is 4.98 Å². The first kappa shape index (κ1) is 8.03. The molecule has 0 spiro atoms. The summed E-state index contributed by atoms with van der Waals surface area (Å²) in [5, 5.41) is 2.87. The van der Waals surface area contributed by atoms with Crippen molar-refractivity contribution in [3.63, 3.8) is 0 Å². The second-order valence-electron chi connectivity index (χ2n) is 2.55. The molecule has 0 fully saturated rings. The molecule has 0 aliphatic rings. The van der Waals surface area contributed by atoms with E-state index in [0.717, 1.165) is 10.6 Å². The van der Waals surface area contributed by atoms with Crippen LogP contribution >= 0.6 is 11.3 Å². The SMILES string of the molecule is C#Cc1csc(-c2ccccc2)n1. The Morgan fingerprint density at radius 2 is 2.00 bits per heavy atom. The summed E-state index contributed by atoms with van der Waals surface area (Å²) >= 11 is 1.57. The lowest BCUT2D eigenvalue weighted by Gasteiger charge is -1.92. The lowest BCUT2D eigenvalue weighted by atomic mass is 10.2. The minimum absolute atomic E-state index is 0.712. The summed E-state index contributed by atoms with van der Waals surface area (Å²) in [7, 11) is 0. The van der Waals surface area contributed by atoms with Crippen LogP contribution in [0.15, 0.2) is 35.7 Å². The molecule has 0 saturated carbocycles. The molecule has 1 aromatic heterocycles. The van der Waals surface area contributed by atoms with Crippen LogP contribution in [0.5, 0.6) is 0 Å². The minimum atomic E-state index is 0.712. The molecule has 0 aliphatic heterocycles. The number of hydrogen-bond acceptors (Lipinski definition) is 2. The van der Waals surface area contributed by atoms with Gasteiger partial charge in [-0.1, -0.05) is 30.3 Å². The maximum Gasteiger partial charge on any atom is 0.124 e. The summed E-state index contributed by atoms with van der Waals surface area (Å²) < 4.78 is 0. The van der Waals surface area contributed by atoms with Crippen LogP contribution in [0.25, 0.3) is 10.6 Å². The van der Waals surface area contributed by atoms with Crippen LogP contribution in [-0.4, -0.2) is 4.98 Å². The molecule has 1 nitrogen and oxygen atoms in total. The maximum atomic E-state index is 5.24. The molecule has 2 aromatic rings. The predicted molar refractivity (Wildman–Crippen MR) is 55.5 cm³/mol. The third kappa shape index (κ3) is 1.61. The molecule has 2 rings (SSSR count). The van der Waals surface area contributed by atoms with Crippen LogP contribution in [0.1, 0.15) is 5.69 Å². The molecule has 0 aliphatic carbocycles. The molecule has 0 radical (unpaired) electrons. The van der Waals surface area contributed by atoms with Crippen molar-refractivity contribution in [2.24, 2.45) is 0 Å². The smallest absolute Gasteiger partial charge is 0.124 e. The van der Waals surface area contributed by atoms with Crippen LogP contribution in [0, 0.1) is 12.3 Å². The zero-order chi connectivity index (χ0) is 9.10. The zero-order valence-corrected chi connectivity index (χ0v) is 7.71. The second-order valence-corrected chi connectivity index (χ2v) is 3.41. The van der Waals surface area contributed by atoms with E-state index >= 15 is 0 Å². The van der Waals surface area contributed by atoms with E-state index in [1.165, 1.54) is 0 Å². The number of aromatic nitrogens is 1. The average molecular weight is 185 g/mol. The number of hydrogen-bond donors (Lipinski definition) is 0. The van der Waals surface area contributed by atoms with Gasteiger partial charge in [0.25, 0.3) is 0 Å². The summed E-state index contributed by atoms with van der Waals surface area (Å²) in [5.74, 6) is 2.52. The van der Waals surface area contributed by atoms with Crippen molar-refractivity contribution >= 4 is 11.3 Å². The highest BCUT2D eigenvalue weighted by Crippen LogP contribution is 2.22. The summed E-state index contributed by atoms with van der Waals surface area (Å²) in [5.41, 5.74) is 1.83. The molecule has 13 heavy (non-hydrogen) atoms. The number of terminal acetylenes is 1. The Labute approximate surface area is 81.1 Å². The van der Waals surface area contributed by atoms with Gasteiger partial charge in [0.15, 0.2) is 0 Å². The van der Waals surface area contributed by atoms with Crippen molar-refractivity contribution in [3.05, 3.63) is 41.4 Å². The standard InChI is InChI=1S/C11H7NS/c1-2-10-8-13-11(12-10)9-6-4-3-5-7-9/h1,3-8H. The minimum Gasteiger partial charge on any atom is -0.228 e. The van der Waals surface area contributed by atoms with Crippen LogP contribution in [0.3, 0.4) is 0 Å². The Morgan fingerprint density at radius 1 is 1.23 bits per heavy atom. The van der Waals surface area contributed by atoms with Crippen LogP contribution in [0.4, 0.5) is 0 Å². The Morgan fingerprint density at radius 3 is 2.62 bits per heavy atom. The fourth-order valence-electron chi connectivity index (χ4n) is 1.05.